The van der Waals surface area contributed by atoms with E-state index >= 15 is 0 Å². The van der Waals surface area contributed by atoms with Gasteiger partial charge >= 0.3 is 0 Å². The van der Waals surface area contributed by atoms with Crippen molar-refractivity contribution in [3.05, 3.63) is 29.8 Å². The van der Waals surface area contributed by atoms with E-state index < -0.39 is 0 Å². The molecule has 1 atom stereocenters. The minimum absolute atomic E-state index is 0.625. The maximum atomic E-state index is 3.62. The van der Waals surface area contributed by atoms with Gasteiger partial charge in [0.1, 0.15) is 0 Å². The number of nitrogens with one attached hydrogen (secondary N) is 1. The van der Waals surface area contributed by atoms with Crippen molar-refractivity contribution < 1.29 is 0 Å². The third kappa shape index (κ3) is 4.18. The Morgan fingerprint density at radius 3 is 2.25 bits per heavy atom. The molecule has 0 heterocycles. The first-order valence-corrected chi connectivity index (χ1v) is 7.26. The lowest BCUT2D eigenvalue weighted by molar-refractivity contribution is 0.387. The van der Waals surface area contributed by atoms with Crippen molar-refractivity contribution >= 4 is 11.8 Å². The summed E-state index contributed by atoms with van der Waals surface area (Å²) in [6.07, 6.45) is 3.31. The van der Waals surface area contributed by atoms with Gasteiger partial charge in [-0.3, -0.25) is 0 Å². The summed E-state index contributed by atoms with van der Waals surface area (Å²) in [5.74, 6) is 0.704. The number of rotatable bonds is 6. The Kier molecular flexibility index (Phi) is 5.93. The van der Waals surface area contributed by atoms with E-state index in [9.17, 15) is 0 Å². The summed E-state index contributed by atoms with van der Waals surface area (Å²) in [4.78, 5) is 1.33. The molecule has 1 aromatic rings. The highest BCUT2D eigenvalue weighted by Gasteiger charge is 2.09. The molecule has 90 valence electrons. The van der Waals surface area contributed by atoms with E-state index in [2.05, 4.69) is 56.6 Å². The molecule has 0 aliphatic carbocycles. The average Bonchev–Trinajstić information content (AvgIpc) is 2.30. The summed E-state index contributed by atoms with van der Waals surface area (Å²) >= 11 is 1.79. The topological polar surface area (TPSA) is 12.0 Å². The van der Waals surface area contributed by atoms with Crippen LogP contribution in [0.5, 0.6) is 0 Å². The van der Waals surface area contributed by atoms with Crippen LogP contribution in [0.2, 0.25) is 0 Å². The Balaban J connectivity index is 2.47. The predicted octanol–water partition coefficient (Wildman–Crippen LogP) is 3.93. The second-order valence-electron chi connectivity index (χ2n) is 4.49. The summed E-state index contributed by atoms with van der Waals surface area (Å²) in [6.45, 7) is 7.77. The monoisotopic (exact) mass is 237 g/mol. The zero-order valence-corrected chi connectivity index (χ0v) is 11.6. The molecule has 1 unspecified atom stereocenters. The van der Waals surface area contributed by atoms with Crippen molar-refractivity contribution in [3.8, 4) is 0 Å². The van der Waals surface area contributed by atoms with Crippen LogP contribution >= 0.6 is 11.8 Å². The number of hydrogen-bond acceptors (Lipinski definition) is 2. The Morgan fingerprint density at radius 2 is 1.81 bits per heavy atom. The fourth-order valence-corrected chi connectivity index (χ4v) is 2.25. The Bertz CT molecular complexity index is 292. The van der Waals surface area contributed by atoms with Crippen LogP contribution in [-0.4, -0.2) is 12.3 Å². The van der Waals surface area contributed by atoms with Crippen LogP contribution in [0.1, 0.15) is 32.8 Å². The summed E-state index contributed by atoms with van der Waals surface area (Å²) in [7, 11) is 0. The quantitative estimate of drug-likeness (QED) is 0.752. The van der Waals surface area contributed by atoms with Crippen LogP contribution in [0.15, 0.2) is 29.2 Å². The molecule has 0 aromatic heterocycles. The molecule has 0 bridgehead atoms. The van der Waals surface area contributed by atoms with Crippen molar-refractivity contribution in [3.63, 3.8) is 0 Å². The minimum atomic E-state index is 0.625. The highest BCUT2D eigenvalue weighted by molar-refractivity contribution is 7.98. The molecule has 16 heavy (non-hydrogen) atoms. The maximum Gasteiger partial charge on any atom is 0.0208 e. The second kappa shape index (κ2) is 6.97. The first-order valence-electron chi connectivity index (χ1n) is 6.03. The van der Waals surface area contributed by atoms with Crippen molar-refractivity contribution in [1.82, 2.24) is 5.32 Å². The highest BCUT2D eigenvalue weighted by atomic mass is 32.2. The van der Waals surface area contributed by atoms with Gasteiger partial charge in [-0.1, -0.05) is 32.9 Å². The number of hydrogen-bond donors (Lipinski definition) is 1. The number of benzene rings is 1. The lowest BCUT2D eigenvalue weighted by atomic mass is 10.0. The van der Waals surface area contributed by atoms with E-state index in [0.717, 1.165) is 6.54 Å². The van der Waals surface area contributed by atoms with E-state index in [-0.39, 0.29) is 0 Å². The van der Waals surface area contributed by atoms with Crippen molar-refractivity contribution in [2.75, 3.05) is 6.26 Å². The second-order valence-corrected chi connectivity index (χ2v) is 5.37. The van der Waals surface area contributed by atoms with Crippen LogP contribution in [0, 0.1) is 5.92 Å². The van der Waals surface area contributed by atoms with Gasteiger partial charge in [-0.15, -0.1) is 11.8 Å². The van der Waals surface area contributed by atoms with Gasteiger partial charge in [-0.25, -0.2) is 0 Å². The van der Waals surface area contributed by atoms with Gasteiger partial charge < -0.3 is 5.32 Å². The molecular formula is C14H23NS. The average molecular weight is 237 g/mol. The molecule has 1 nitrogen and oxygen atoms in total. The third-order valence-corrected chi connectivity index (χ3v) is 3.72. The van der Waals surface area contributed by atoms with Crippen LogP contribution < -0.4 is 5.32 Å². The molecule has 0 fully saturated rings. The van der Waals surface area contributed by atoms with Gasteiger partial charge in [-0.05, 0) is 36.3 Å². The van der Waals surface area contributed by atoms with E-state index in [1.54, 1.807) is 11.8 Å². The van der Waals surface area contributed by atoms with Gasteiger partial charge in [-0.2, -0.15) is 0 Å². The van der Waals surface area contributed by atoms with E-state index in [1.165, 1.54) is 16.9 Å². The smallest absolute Gasteiger partial charge is 0.0208 e. The van der Waals surface area contributed by atoms with Crippen LogP contribution in [0.25, 0.3) is 0 Å². The molecule has 0 aliphatic heterocycles. The van der Waals surface area contributed by atoms with Gasteiger partial charge in [0.2, 0.25) is 0 Å². The molecule has 1 N–H and O–H groups in total. The molecule has 1 aromatic carbocycles. The van der Waals surface area contributed by atoms with Gasteiger partial charge in [0, 0.05) is 17.5 Å². The molecule has 1 rings (SSSR count). The third-order valence-electron chi connectivity index (χ3n) is 2.97. The summed E-state index contributed by atoms with van der Waals surface area (Å²) in [5, 5.41) is 3.62. The Labute approximate surface area is 104 Å². The first kappa shape index (κ1) is 13.6. The maximum absolute atomic E-state index is 3.62. The minimum Gasteiger partial charge on any atom is -0.310 e. The fourth-order valence-electron chi connectivity index (χ4n) is 1.84. The largest absolute Gasteiger partial charge is 0.310 e. The van der Waals surface area contributed by atoms with Crippen molar-refractivity contribution in [2.45, 2.75) is 44.7 Å². The Hall–Kier alpha value is -0.470. The summed E-state index contributed by atoms with van der Waals surface area (Å²) in [5.41, 5.74) is 1.37. The summed E-state index contributed by atoms with van der Waals surface area (Å²) < 4.78 is 0. The lowest BCUT2D eigenvalue weighted by Crippen LogP contribution is -2.32. The van der Waals surface area contributed by atoms with Crippen LogP contribution in [-0.2, 0) is 6.54 Å². The molecular weight excluding hydrogens is 214 g/mol. The highest BCUT2D eigenvalue weighted by Crippen LogP contribution is 2.15. The molecule has 2 heteroatoms. The van der Waals surface area contributed by atoms with Gasteiger partial charge in [0.25, 0.3) is 0 Å². The van der Waals surface area contributed by atoms with Gasteiger partial charge in [0.15, 0.2) is 0 Å². The zero-order chi connectivity index (χ0) is 12.0. The first-order chi connectivity index (χ1) is 7.67. The molecule has 0 radical (unpaired) electrons. The normalized spacial score (nSPS) is 13.1. The van der Waals surface area contributed by atoms with Crippen molar-refractivity contribution in [2.24, 2.45) is 5.92 Å². The fraction of sp³-hybridized carbons (Fsp3) is 0.571. The lowest BCUT2D eigenvalue weighted by Gasteiger charge is -2.20. The van der Waals surface area contributed by atoms with E-state index in [0.29, 0.717) is 12.0 Å². The Morgan fingerprint density at radius 1 is 1.19 bits per heavy atom. The molecule has 0 amide bonds. The standard InChI is InChI=1S/C14H23NS/c1-5-14(11(2)3)15-10-12-6-8-13(16-4)9-7-12/h6-9,11,14-15H,5,10H2,1-4H3. The molecule has 0 saturated carbocycles. The molecule has 0 spiro atoms. The van der Waals surface area contributed by atoms with E-state index in [1.807, 2.05) is 0 Å². The zero-order valence-electron chi connectivity index (χ0n) is 10.8. The van der Waals surface area contributed by atoms with Crippen molar-refractivity contribution in [1.29, 1.82) is 0 Å². The number of thioether (sulfide) groups is 1. The van der Waals surface area contributed by atoms with Gasteiger partial charge in [0.05, 0.1) is 0 Å². The van der Waals surface area contributed by atoms with Crippen LogP contribution in [0.3, 0.4) is 0 Å². The summed E-state index contributed by atoms with van der Waals surface area (Å²) in [6, 6.07) is 9.44. The molecule has 0 saturated heterocycles. The van der Waals surface area contributed by atoms with Crippen LogP contribution in [0.4, 0.5) is 0 Å². The SMILES string of the molecule is CCC(NCc1ccc(SC)cc1)C(C)C. The van der Waals surface area contributed by atoms with E-state index in [4.69, 9.17) is 0 Å². The molecule has 0 aliphatic rings. The predicted molar refractivity (Wildman–Crippen MR) is 74.0 cm³/mol.